The van der Waals surface area contributed by atoms with Crippen molar-refractivity contribution >= 4 is 92.6 Å². The van der Waals surface area contributed by atoms with Gasteiger partial charge in [0.15, 0.2) is 0 Å². The van der Waals surface area contributed by atoms with Crippen molar-refractivity contribution in [2.75, 3.05) is 0 Å². The van der Waals surface area contributed by atoms with Crippen LogP contribution in [0.4, 0.5) is 0 Å². The van der Waals surface area contributed by atoms with Crippen molar-refractivity contribution in [1.29, 1.82) is 0 Å². The molecule has 226 valence electrons. The summed E-state index contributed by atoms with van der Waals surface area (Å²) in [5.74, 6) is 0. The Balaban J connectivity index is 1.30. The highest BCUT2D eigenvalue weighted by Gasteiger charge is 2.25. The predicted octanol–water partition coefficient (Wildman–Crippen LogP) is 11.6. The highest BCUT2D eigenvalue weighted by Crippen LogP contribution is 2.48. The molecule has 12 aromatic rings. The summed E-state index contributed by atoms with van der Waals surface area (Å²) >= 11 is 0. The van der Waals surface area contributed by atoms with Gasteiger partial charge in [0.25, 0.3) is 0 Å². The highest BCUT2D eigenvalue weighted by molar-refractivity contribution is 6.36. The molecule has 0 saturated carbocycles. The molecule has 0 fully saturated rings. The molecule has 0 aliphatic rings. The Hall–Kier alpha value is -6.65. The number of nitrogens with zero attached hydrogens (tertiary/aromatic N) is 4. The largest absolute Gasteiger partial charge is 0.309 e. The Kier molecular flexibility index (Phi) is 4.69. The molecule has 0 bridgehead atoms. The Bertz CT molecular complexity index is 3320. The van der Waals surface area contributed by atoms with Gasteiger partial charge in [0, 0.05) is 66.0 Å². The second-order valence-electron chi connectivity index (χ2n) is 13.2. The van der Waals surface area contributed by atoms with Gasteiger partial charge in [-0.2, -0.15) is 0 Å². The average Bonchev–Trinajstić information content (AvgIpc) is 3.89. The van der Waals surface area contributed by atoms with Gasteiger partial charge in [0.2, 0.25) is 0 Å². The third-order valence-corrected chi connectivity index (χ3v) is 10.8. The minimum absolute atomic E-state index is 0.966. The SMILES string of the molecule is c1ccc(-n2c3ccc(-n4c5ccccc5c5cc6c7ccccc7n7c8c9ccccc9ccc8c(c54)c67)cc3c3cccnc32)cc1. The molecule has 5 aromatic heterocycles. The molecular weight excluding hydrogens is 597 g/mol. The van der Waals surface area contributed by atoms with E-state index >= 15 is 0 Å². The lowest BCUT2D eigenvalue weighted by atomic mass is 10.0. The maximum Gasteiger partial charge on any atom is 0.145 e. The first-order chi connectivity index (χ1) is 24.3. The monoisotopic (exact) mass is 622 g/mol. The molecule has 0 unspecified atom stereocenters. The van der Waals surface area contributed by atoms with Gasteiger partial charge in [-0.05, 0) is 66.0 Å². The standard InChI is InChI=1S/C45H26N4/c1-2-12-28(13-3-1)48-40-23-21-29(25-35(40)33-17-10-24-46-45(33)48)47-38-18-8-6-15-31(38)36-26-37-32-16-7-9-19-39(32)49-42-30-14-5-4-11-27(30)20-22-34(42)41(43(36)47)44(37)49/h1-26H. The fraction of sp³-hybridized carbons (Fsp3) is 0. The molecule has 0 atom stereocenters. The molecule has 0 saturated heterocycles. The van der Waals surface area contributed by atoms with Gasteiger partial charge < -0.3 is 8.97 Å². The van der Waals surface area contributed by atoms with Gasteiger partial charge in [-0.3, -0.25) is 4.57 Å². The summed E-state index contributed by atoms with van der Waals surface area (Å²) in [6.45, 7) is 0. The molecular formula is C45H26N4. The van der Waals surface area contributed by atoms with E-state index in [2.05, 4.69) is 159 Å². The van der Waals surface area contributed by atoms with Crippen LogP contribution in [0.5, 0.6) is 0 Å². The van der Waals surface area contributed by atoms with Crippen molar-refractivity contribution < 1.29 is 0 Å². The van der Waals surface area contributed by atoms with Crippen LogP contribution in [0.2, 0.25) is 0 Å². The lowest BCUT2D eigenvalue weighted by Crippen LogP contribution is -1.96. The van der Waals surface area contributed by atoms with Gasteiger partial charge in [-0.1, -0.05) is 91.0 Å². The van der Waals surface area contributed by atoms with Gasteiger partial charge in [0.1, 0.15) is 5.65 Å². The van der Waals surface area contributed by atoms with Crippen molar-refractivity contribution in [3.05, 3.63) is 158 Å². The number of aromatic nitrogens is 4. The van der Waals surface area contributed by atoms with Crippen molar-refractivity contribution in [1.82, 2.24) is 18.5 Å². The van der Waals surface area contributed by atoms with Crippen LogP contribution in [0, 0.1) is 0 Å². The molecule has 4 heteroatoms. The van der Waals surface area contributed by atoms with Crippen molar-refractivity contribution in [3.8, 4) is 11.4 Å². The maximum absolute atomic E-state index is 4.88. The molecule has 0 aliphatic heterocycles. The zero-order valence-corrected chi connectivity index (χ0v) is 26.3. The van der Waals surface area contributed by atoms with Crippen LogP contribution >= 0.6 is 0 Å². The molecule has 0 amide bonds. The van der Waals surface area contributed by atoms with Crippen LogP contribution in [0.15, 0.2) is 158 Å². The molecule has 4 nitrogen and oxygen atoms in total. The number of pyridine rings is 1. The van der Waals surface area contributed by atoms with E-state index in [0.29, 0.717) is 0 Å². The van der Waals surface area contributed by atoms with E-state index in [9.17, 15) is 0 Å². The van der Waals surface area contributed by atoms with Gasteiger partial charge in [0.05, 0.1) is 33.1 Å². The molecule has 7 aromatic carbocycles. The van der Waals surface area contributed by atoms with Crippen LogP contribution in [0.1, 0.15) is 0 Å². The lowest BCUT2D eigenvalue weighted by molar-refractivity contribution is 1.13. The molecule has 0 spiro atoms. The molecule has 49 heavy (non-hydrogen) atoms. The predicted molar refractivity (Wildman–Crippen MR) is 205 cm³/mol. The quantitative estimate of drug-likeness (QED) is 0.188. The van der Waals surface area contributed by atoms with Crippen molar-refractivity contribution in [3.63, 3.8) is 0 Å². The summed E-state index contributed by atoms with van der Waals surface area (Å²) in [5, 5.41) is 12.6. The van der Waals surface area contributed by atoms with Crippen LogP contribution in [-0.2, 0) is 0 Å². The Morgan fingerprint density at radius 1 is 0.367 bits per heavy atom. The number of benzene rings is 7. The Morgan fingerprint density at radius 3 is 1.94 bits per heavy atom. The number of fused-ring (bicyclic) bond motifs is 15. The summed E-state index contributed by atoms with van der Waals surface area (Å²) in [6.07, 6.45) is 1.89. The topological polar surface area (TPSA) is 27.2 Å². The van der Waals surface area contributed by atoms with Crippen LogP contribution in [0.3, 0.4) is 0 Å². The number of hydrogen-bond acceptors (Lipinski definition) is 1. The number of hydrogen-bond donors (Lipinski definition) is 0. The maximum atomic E-state index is 4.88. The van der Waals surface area contributed by atoms with Crippen LogP contribution in [0.25, 0.3) is 104 Å². The minimum Gasteiger partial charge on any atom is -0.309 e. The Morgan fingerprint density at radius 2 is 1.06 bits per heavy atom. The van der Waals surface area contributed by atoms with E-state index in [1.165, 1.54) is 76.1 Å². The zero-order valence-electron chi connectivity index (χ0n) is 26.3. The molecule has 12 rings (SSSR count). The summed E-state index contributed by atoms with van der Waals surface area (Å²) in [5.41, 5.74) is 10.6. The van der Waals surface area contributed by atoms with E-state index in [0.717, 1.165) is 27.9 Å². The molecule has 0 aliphatic carbocycles. The third kappa shape index (κ3) is 3.12. The first kappa shape index (κ1) is 25.4. The summed E-state index contributed by atoms with van der Waals surface area (Å²) < 4.78 is 7.32. The smallest absolute Gasteiger partial charge is 0.145 e. The van der Waals surface area contributed by atoms with Gasteiger partial charge in [-0.15, -0.1) is 0 Å². The van der Waals surface area contributed by atoms with Gasteiger partial charge >= 0.3 is 0 Å². The average molecular weight is 623 g/mol. The minimum atomic E-state index is 0.966. The fourth-order valence-corrected chi connectivity index (χ4v) is 8.84. The molecule has 0 radical (unpaired) electrons. The van der Waals surface area contributed by atoms with E-state index < -0.39 is 0 Å². The van der Waals surface area contributed by atoms with Gasteiger partial charge in [-0.25, -0.2) is 4.98 Å². The van der Waals surface area contributed by atoms with E-state index in [1.807, 2.05) is 12.3 Å². The molecule has 5 heterocycles. The fourth-order valence-electron chi connectivity index (χ4n) is 8.84. The first-order valence-electron chi connectivity index (χ1n) is 16.8. The second-order valence-corrected chi connectivity index (χ2v) is 13.2. The zero-order chi connectivity index (χ0) is 31.8. The normalized spacial score (nSPS) is 12.5. The van der Waals surface area contributed by atoms with E-state index in [1.54, 1.807) is 0 Å². The number of rotatable bonds is 2. The lowest BCUT2D eigenvalue weighted by Gasteiger charge is -2.11. The third-order valence-electron chi connectivity index (χ3n) is 10.8. The van der Waals surface area contributed by atoms with Crippen molar-refractivity contribution in [2.45, 2.75) is 0 Å². The summed E-state index contributed by atoms with van der Waals surface area (Å²) in [6, 6.07) is 55.4. The van der Waals surface area contributed by atoms with E-state index in [-0.39, 0.29) is 0 Å². The second kappa shape index (κ2) is 9.03. The van der Waals surface area contributed by atoms with Crippen molar-refractivity contribution in [2.24, 2.45) is 0 Å². The first-order valence-corrected chi connectivity index (χ1v) is 16.8. The summed E-state index contributed by atoms with van der Waals surface area (Å²) in [7, 11) is 0. The van der Waals surface area contributed by atoms with Crippen LogP contribution < -0.4 is 0 Å². The number of para-hydroxylation sites is 3. The van der Waals surface area contributed by atoms with E-state index in [4.69, 9.17) is 4.98 Å². The highest BCUT2D eigenvalue weighted by atomic mass is 15.1. The molecule has 0 N–H and O–H groups in total. The Labute approximate surface area is 279 Å². The van der Waals surface area contributed by atoms with Crippen LogP contribution in [-0.4, -0.2) is 18.5 Å². The summed E-state index contributed by atoms with van der Waals surface area (Å²) in [4.78, 5) is 4.88.